The average Bonchev–Trinajstić information content (AvgIpc) is 3.14. The number of phenols is 2. The highest BCUT2D eigenvalue weighted by Crippen LogP contribution is 2.43. The van der Waals surface area contributed by atoms with Crippen LogP contribution in [0.2, 0.25) is 0 Å². The normalized spacial score (nSPS) is 36.5. The number of carbonyl (C=O) groups is 2. The lowest BCUT2D eigenvalue weighted by atomic mass is 9.76. The van der Waals surface area contributed by atoms with Crippen molar-refractivity contribution in [3.63, 3.8) is 0 Å². The quantitative estimate of drug-likeness (QED) is 0.0894. The summed E-state index contributed by atoms with van der Waals surface area (Å²) in [5.41, 5.74) is -2.69. The summed E-state index contributed by atoms with van der Waals surface area (Å²) in [5.74, 6) is -4.67. The Hall–Kier alpha value is -4.38. The van der Waals surface area contributed by atoms with E-state index < -0.39 is 116 Å². The van der Waals surface area contributed by atoms with E-state index in [1.165, 1.54) is 36.4 Å². The van der Waals surface area contributed by atoms with Gasteiger partial charge in [0.25, 0.3) is 0 Å². The second-order valence-electron chi connectivity index (χ2n) is 13.1. The van der Waals surface area contributed by atoms with E-state index in [0.717, 1.165) is 12.3 Å². The molecule has 13 unspecified atom stereocenters. The van der Waals surface area contributed by atoms with Gasteiger partial charge in [-0.3, -0.25) is 0 Å². The standard InChI is InChI=1S/C35H40O19/c1-2-18-32(49-13-19-30(45)48-7-6-35(18,19)47)54-34-29(27(43)25(41)22(12-37)52-34)53-31(46)23-17(14-4-3-5-15(38)8-14)9-16(10-20(23)39)50-33-28(44)26(42)24(40)21(11-36)51-33/h2-5,8-10,13,18,21-22,24-29,32-34,36-44,47H,1,6-7,11-12H2. The van der Waals surface area contributed by atoms with Crippen LogP contribution in [0.3, 0.4) is 0 Å². The number of rotatable bonds is 10. The Morgan fingerprint density at radius 2 is 1.59 bits per heavy atom. The molecule has 4 aliphatic heterocycles. The fourth-order valence-corrected chi connectivity index (χ4v) is 6.74. The molecule has 4 aliphatic rings. The summed E-state index contributed by atoms with van der Waals surface area (Å²) in [5, 5.41) is 105. The third-order valence-electron chi connectivity index (χ3n) is 9.71. The lowest BCUT2D eigenvalue weighted by molar-refractivity contribution is -0.343. The molecule has 0 aromatic heterocycles. The van der Waals surface area contributed by atoms with Gasteiger partial charge in [0, 0.05) is 18.1 Å². The first-order chi connectivity index (χ1) is 25.7. The fraction of sp³-hybridized carbons (Fsp3) is 0.486. The summed E-state index contributed by atoms with van der Waals surface area (Å²) >= 11 is 0. The molecule has 0 bridgehead atoms. The van der Waals surface area contributed by atoms with Crippen molar-refractivity contribution in [2.75, 3.05) is 19.8 Å². The molecule has 6 rings (SSSR count). The van der Waals surface area contributed by atoms with E-state index in [1.807, 2.05) is 0 Å². The van der Waals surface area contributed by atoms with E-state index >= 15 is 0 Å². The summed E-state index contributed by atoms with van der Waals surface area (Å²) in [7, 11) is 0. The first kappa shape index (κ1) is 39.3. The largest absolute Gasteiger partial charge is 0.508 e. The zero-order valence-corrected chi connectivity index (χ0v) is 28.2. The van der Waals surface area contributed by atoms with Gasteiger partial charge >= 0.3 is 11.9 Å². The Balaban J connectivity index is 1.33. The van der Waals surface area contributed by atoms with E-state index in [9.17, 15) is 60.7 Å². The molecule has 2 aromatic rings. The number of aliphatic hydroxyl groups excluding tert-OH is 7. The van der Waals surface area contributed by atoms with Crippen LogP contribution < -0.4 is 4.74 Å². The van der Waals surface area contributed by atoms with E-state index in [2.05, 4.69) is 6.58 Å². The van der Waals surface area contributed by atoms with Crippen LogP contribution in [0.25, 0.3) is 11.1 Å². The Kier molecular flexibility index (Phi) is 11.5. The van der Waals surface area contributed by atoms with Gasteiger partial charge in [0.2, 0.25) is 18.9 Å². The second-order valence-corrected chi connectivity index (χ2v) is 13.1. The zero-order valence-electron chi connectivity index (χ0n) is 28.2. The number of hydrogen-bond acceptors (Lipinski definition) is 19. The molecule has 3 saturated heterocycles. The number of aliphatic hydroxyl groups is 8. The molecule has 0 amide bonds. The lowest BCUT2D eigenvalue weighted by Crippen LogP contribution is -2.62. The molecule has 4 heterocycles. The maximum Gasteiger partial charge on any atom is 0.343 e. The number of aromatic hydroxyl groups is 2. The highest BCUT2D eigenvalue weighted by Gasteiger charge is 2.55. The molecular formula is C35H40O19. The van der Waals surface area contributed by atoms with Crippen LogP contribution in [0, 0.1) is 5.92 Å². The Bertz CT molecular complexity index is 1750. The lowest BCUT2D eigenvalue weighted by Gasteiger charge is -2.47. The third-order valence-corrected chi connectivity index (χ3v) is 9.71. The fourth-order valence-electron chi connectivity index (χ4n) is 6.74. The van der Waals surface area contributed by atoms with Gasteiger partial charge in [0.15, 0.2) is 6.10 Å². The summed E-state index contributed by atoms with van der Waals surface area (Å²) in [6.07, 6.45) is -16.8. The summed E-state index contributed by atoms with van der Waals surface area (Å²) in [6.45, 7) is 1.99. The Morgan fingerprint density at radius 3 is 2.26 bits per heavy atom. The average molecular weight is 765 g/mol. The van der Waals surface area contributed by atoms with Crippen molar-refractivity contribution in [2.45, 2.75) is 79.7 Å². The predicted octanol–water partition coefficient (Wildman–Crippen LogP) is -2.36. The number of hydrogen-bond donors (Lipinski definition) is 10. The monoisotopic (exact) mass is 764 g/mol. The molecule has 19 heteroatoms. The van der Waals surface area contributed by atoms with Gasteiger partial charge in [0.1, 0.15) is 76.7 Å². The summed E-state index contributed by atoms with van der Waals surface area (Å²) in [4.78, 5) is 26.4. The number of phenolic OH excluding ortho intramolecular Hbond substituents is 2. The van der Waals surface area contributed by atoms with Gasteiger partial charge in [-0.1, -0.05) is 18.2 Å². The minimum atomic E-state index is -1.99. The SMILES string of the molecule is C=CC1C(OC2OC(CO)C(O)C(O)C2OC(=O)c2c(O)cc(OC3OC(CO)C(O)C(O)C3O)cc2-c2cccc(O)c2)OC=C2C(=O)OCCC21O. The first-order valence-corrected chi connectivity index (χ1v) is 16.7. The van der Waals surface area contributed by atoms with Gasteiger partial charge in [-0.05, 0) is 23.8 Å². The smallest absolute Gasteiger partial charge is 0.343 e. The Morgan fingerprint density at radius 1 is 0.907 bits per heavy atom. The van der Waals surface area contributed by atoms with Crippen molar-refractivity contribution < 1.29 is 93.8 Å². The second kappa shape index (κ2) is 15.8. The maximum absolute atomic E-state index is 14.0. The summed E-state index contributed by atoms with van der Waals surface area (Å²) < 4.78 is 38.9. The van der Waals surface area contributed by atoms with Crippen molar-refractivity contribution in [3.8, 4) is 28.4 Å². The number of cyclic esters (lactones) is 1. The molecule has 0 aliphatic carbocycles. The van der Waals surface area contributed by atoms with Gasteiger partial charge in [0.05, 0.1) is 32.0 Å². The number of esters is 2. The molecule has 0 spiro atoms. The molecule has 294 valence electrons. The first-order valence-electron chi connectivity index (χ1n) is 16.7. The number of fused-ring (bicyclic) bond motifs is 1. The van der Waals surface area contributed by atoms with Crippen LogP contribution in [0.4, 0.5) is 0 Å². The van der Waals surface area contributed by atoms with Gasteiger partial charge in [-0.2, -0.15) is 0 Å². The number of carbonyl (C=O) groups excluding carboxylic acids is 2. The van der Waals surface area contributed by atoms with Crippen LogP contribution in [0.5, 0.6) is 17.2 Å². The molecule has 54 heavy (non-hydrogen) atoms. The molecule has 13 atom stereocenters. The van der Waals surface area contributed by atoms with E-state index in [-0.39, 0.29) is 41.2 Å². The van der Waals surface area contributed by atoms with E-state index in [4.69, 9.17) is 33.2 Å². The molecule has 0 radical (unpaired) electrons. The van der Waals surface area contributed by atoms with Crippen molar-refractivity contribution in [3.05, 3.63) is 66.5 Å². The molecule has 2 aromatic carbocycles. The topological polar surface area (TPSA) is 301 Å². The van der Waals surface area contributed by atoms with Crippen LogP contribution in [-0.2, 0) is 33.2 Å². The van der Waals surface area contributed by atoms with E-state index in [1.54, 1.807) is 0 Å². The van der Waals surface area contributed by atoms with Gasteiger partial charge in [-0.15, -0.1) is 6.58 Å². The highest BCUT2D eigenvalue weighted by molar-refractivity contribution is 6.00. The van der Waals surface area contributed by atoms with Crippen LogP contribution in [-0.4, -0.2) is 156 Å². The zero-order chi connectivity index (χ0) is 39.1. The van der Waals surface area contributed by atoms with Crippen LogP contribution in [0.15, 0.2) is 60.9 Å². The minimum absolute atomic E-state index is 0.0673. The van der Waals surface area contributed by atoms with Crippen LogP contribution >= 0.6 is 0 Å². The molecule has 3 fully saturated rings. The third kappa shape index (κ3) is 7.23. The highest BCUT2D eigenvalue weighted by atomic mass is 16.8. The summed E-state index contributed by atoms with van der Waals surface area (Å²) in [6, 6.07) is 7.47. The van der Waals surface area contributed by atoms with Gasteiger partial charge < -0.3 is 84.2 Å². The minimum Gasteiger partial charge on any atom is -0.508 e. The van der Waals surface area contributed by atoms with Crippen molar-refractivity contribution in [1.29, 1.82) is 0 Å². The predicted molar refractivity (Wildman–Crippen MR) is 175 cm³/mol. The Labute approximate surface area is 306 Å². The molecular weight excluding hydrogens is 724 g/mol. The molecule has 19 nitrogen and oxygen atoms in total. The van der Waals surface area contributed by atoms with Gasteiger partial charge in [-0.25, -0.2) is 9.59 Å². The van der Waals surface area contributed by atoms with Crippen molar-refractivity contribution >= 4 is 11.9 Å². The van der Waals surface area contributed by atoms with E-state index in [0.29, 0.717) is 0 Å². The number of benzene rings is 2. The molecule has 0 saturated carbocycles. The van der Waals surface area contributed by atoms with Crippen LogP contribution in [0.1, 0.15) is 16.8 Å². The van der Waals surface area contributed by atoms with Crippen molar-refractivity contribution in [2.24, 2.45) is 5.92 Å². The molecule has 10 N–H and O–H groups in total. The maximum atomic E-state index is 14.0. The van der Waals surface area contributed by atoms with Crippen molar-refractivity contribution in [1.82, 2.24) is 0 Å². The number of ether oxygens (including phenoxy) is 7.